The van der Waals surface area contributed by atoms with Crippen LogP contribution in [0.3, 0.4) is 0 Å². The lowest BCUT2D eigenvalue weighted by atomic mass is 10.2. The summed E-state index contributed by atoms with van der Waals surface area (Å²) in [6, 6.07) is 4.02. The molecule has 0 aliphatic carbocycles. The lowest BCUT2D eigenvalue weighted by molar-refractivity contribution is -0.117. The van der Waals surface area contributed by atoms with Gasteiger partial charge < -0.3 is 5.32 Å². The van der Waals surface area contributed by atoms with Crippen molar-refractivity contribution in [2.24, 2.45) is 0 Å². The zero-order valence-electron chi connectivity index (χ0n) is 8.30. The number of hydrogen-bond acceptors (Lipinski definition) is 3. The van der Waals surface area contributed by atoms with E-state index < -0.39 is 0 Å². The molecule has 0 radical (unpaired) electrons. The highest BCUT2D eigenvalue weighted by Crippen LogP contribution is 2.23. The highest BCUT2D eigenvalue weighted by molar-refractivity contribution is 9.10. The molecule has 0 bridgehead atoms. The minimum Gasteiger partial charge on any atom is -0.324 e. The van der Waals surface area contributed by atoms with Crippen LogP contribution in [0.2, 0.25) is 0 Å². The molecule has 1 unspecified atom stereocenters. The lowest BCUT2D eigenvalue weighted by Crippen LogP contribution is -2.37. The summed E-state index contributed by atoms with van der Waals surface area (Å²) in [5, 5.41) is 5.82. The molecule has 1 atom stereocenters. The van der Waals surface area contributed by atoms with Crippen LogP contribution in [0, 0.1) is 5.82 Å². The fourth-order valence-corrected chi connectivity index (χ4v) is 2.77. The molecule has 1 heterocycles. The average molecular weight is 305 g/mol. The summed E-state index contributed by atoms with van der Waals surface area (Å²) >= 11 is 4.89. The minimum absolute atomic E-state index is 0.0858. The van der Waals surface area contributed by atoms with Crippen molar-refractivity contribution in [3.63, 3.8) is 0 Å². The van der Waals surface area contributed by atoms with Crippen molar-refractivity contribution in [2.75, 3.05) is 16.9 Å². The summed E-state index contributed by atoms with van der Waals surface area (Å²) in [4.78, 5) is 11.8. The molecule has 1 aromatic carbocycles. The van der Waals surface area contributed by atoms with Crippen molar-refractivity contribution >= 4 is 39.3 Å². The highest BCUT2D eigenvalue weighted by Gasteiger charge is 2.22. The van der Waals surface area contributed by atoms with Gasteiger partial charge in [0.2, 0.25) is 5.91 Å². The Morgan fingerprint density at radius 2 is 2.44 bits per heavy atom. The summed E-state index contributed by atoms with van der Waals surface area (Å²) in [7, 11) is 0. The average Bonchev–Trinajstić information content (AvgIpc) is 2.75. The Hall–Kier alpha value is -0.590. The number of rotatable bonds is 2. The molecule has 1 saturated heterocycles. The summed E-state index contributed by atoms with van der Waals surface area (Å²) in [6.45, 7) is 0. The van der Waals surface area contributed by atoms with Gasteiger partial charge in [0, 0.05) is 16.1 Å². The van der Waals surface area contributed by atoms with Crippen molar-refractivity contribution in [3.05, 3.63) is 28.5 Å². The van der Waals surface area contributed by atoms with Gasteiger partial charge in [-0.05, 0) is 34.1 Å². The SMILES string of the molecule is O=C(Nc1ccc(F)cc1Br)C1CSCN1. The Kier molecular flexibility index (Phi) is 3.83. The fourth-order valence-electron chi connectivity index (χ4n) is 1.37. The molecule has 2 rings (SSSR count). The number of thioether (sulfide) groups is 1. The zero-order chi connectivity index (χ0) is 11.5. The summed E-state index contributed by atoms with van der Waals surface area (Å²) < 4.78 is 13.4. The monoisotopic (exact) mass is 304 g/mol. The number of hydrogen-bond donors (Lipinski definition) is 2. The third kappa shape index (κ3) is 2.75. The second-order valence-electron chi connectivity index (χ2n) is 3.39. The molecule has 1 amide bonds. The highest BCUT2D eigenvalue weighted by atomic mass is 79.9. The van der Waals surface area contributed by atoms with Crippen LogP contribution < -0.4 is 10.6 Å². The number of halogens is 2. The summed E-state index contributed by atoms with van der Waals surface area (Å²) in [5.41, 5.74) is 0.588. The molecule has 3 nitrogen and oxygen atoms in total. The van der Waals surface area contributed by atoms with Gasteiger partial charge in [0.05, 0.1) is 11.7 Å². The maximum atomic E-state index is 12.8. The van der Waals surface area contributed by atoms with Crippen LogP contribution in [0.1, 0.15) is 0 Å². The van der Waals surface area contributed by atoms with E-state index in [1.54, 1.807) is 17.8 Å². The quantitative estimate of drug-likeness (QED) is 0.880. The zero-order valence-corrected chi connectivity index (χ0v) is 10.7. The largest absolute Gasteiger partial charge is 0.324 e. The Labute approximate surface area is 105 Å². The molecule has 1 aliphatic rings. The van der Waals surface area contributed by atoms with Gasteiger partial charge in [-0.3, -0.25) is 10.1 Å². The van der Waals surface area contributed by atoms with Crippen LogP contribution in [0.4, 0.5) is 10.1 Å². The fraction of sp³-hybridized carbons (Fsp3) is 0.300. The van der Waals surface area contributed by atoms with Crippen molar-refractivity contribution in [3.8, 4) is 0 Å². The Balaban J connectivity index is 2.05. The molecular weight excluding hydrogens is 295 g/mol. The van der Waals surface area contributed by atoms with Crippen LogP contribution in [-0.4, -0.2) is 23.6 Å². The first-order valence-corrected chi connectivity index (χ1v) is 6.68. The van der Waals surface area contributed by atoms with Gasteiger partial charge >= 0.3 is 0 Å². The Bertz CT molecular complexity index is 410. The predicted octanol–water partition coefficient (Wildman–Crippen LogP) is 2.19. The van der Waals surface area contributed by atoms with E-state index in [9.17, 15) is 9.18 Å². The van der Waals surface area contributed by atoms with Crippen LogP contribution in [0.15, 0.2) is 22.7 Å². The third-order valence-electron chi connectivity index (χ3n) is 2.22. The standard InChI is InChI=1S/C10H10BrFN2OS/c11-7-3-6(12)1-2-8(7)14-10(15)9-4-16-5-13-9/h1-3,9,13H,4-5H2,(H,14,15). The molecular formula is C10H10BrFN2OS. The minimum atomic E-state index is -0.334. The maximum Gasteiger partial charge on any atom is 0.242 e. The first-order valence-electron chi connectivity index (χ1n) is 4.74. The normalized spacial score (nSPS) is 19.8. The predicted molar refractivity (Wildman–Crippen MR) is 67.0 cm³/mol. The number of carbonyl (C=O) groups is 1. The first kappa shape index (κ1) is 11.9. The van der Waals surface area contributed by atoms with Gasteiger partial charge in [0.15, 0.2) is 0 Å². The van der Waals surface area contributed by atoms with Crippen LogP contribution in [0.5, 0.6) is 0 Å². The Morgan fingerprint density at radius 1 is 1.62 bits per heavy atom. The van der Waals surface area contributed by atoms with E-state index in [1.807, 2.05) is 0 Å². The topological polar surface area (TPSA) is 41.1 Å². The molecule has 1 aliphatic heterocycles. The van der Waals surface area contributed by atoms with Crippen molar-refractivity contribution in [2.45, 2.75) is 6.04 Å². The van der Waals surface area contributed by atoms with E-state index >= 15 is 0 Å². The molecule has 0 aromatic heterocycles. The van der Waals surface area contributed by atoms with Crippen LogP contribution >= 0.6 is 27.7 Å². The maximum absolute atomic E-state index is 12.8. The van der Waals surface area contributed by atoms with Gasteiger partial charge in [-0.1, -0.05) is 0 Å². The van der Waals surface area contributed by atoms with E-state index in [0.717, 1.165) is 11.6 Å². The molecule has 1 aromatic rings. The second-order valence-corrected chi connectivity index (χ2v) is 5.27. The van der Waals surface area contributed by atoms with E-state index in [2.05, 4.69) is 26.6 Å². The van der Waals surface area contributed by atoms with Crippen molar-refractivity contribution in [1.82, 2.24) is 5.32 Å². The van der Waals surface area contributed by atoms with Gasteiger partial charge in [-0.25, -0.2) is 4.39 Å². The molecule has 0 saturated carbocycles. The number of carbonyl (C=O) groups excluding carboxylic acids is 1. The molecule has 16 heavy (non-hydrogen) atoms. The molecule has 6 heteroatoms. The molecule has 86 valence electrons. The van der Waals surface area contributed by atoms with Gasteiger partial charge in [-0.15, -0.1) is 11.8 Å². The number of nitrogens with one attached hydrogen (secondary N) is 2. The number of amides is 1. The molecule has 2 N–H and O–H groups in total. The van der Waals surface area contributed by atoms with Crippen molar-refractivity contribution in [1.29, 1.82) is 0 Å². The van der Waals surface area contributed by atoms with Crippen LogP contribution in [-0.2, 0) is 4.79 Å². The van der Waals surface area contributed by atoms with E-state index in [4.69, 9.17) is 0 Å². The van der Waals surface area contributed by atoms with Gasteiger partial charge in [0.25, 0.3) is 0 Å². The smallest absolute Gasteiger partial charge is 0.242 e. The Morgan fingerprint density at radius 3 is 3.06 bits per heavy atom. The molecule has 0 spiro atoms. The van der Waals surface area contributed by atoms with Crippen LogP contribution in [0.25, 0.3) is 0 Å². The number of anilines is 1. The second kappa shape index (κ2) is 5.16. The molecule has 1 fully saturated rings. The number of benzene rings is 1. The van der Waals surface area contributed by atoms with E-state index in [1.165, 1.54) is 12.1 Å². The first-order chi connectivity index (χ1) is 7.66. The van der Waals surface area contributed by atoms with Gasteiger partial charge in [-0.2, -0.15) is 0 Å². The lowest BCUT2D eigenvalue weighted by Gasteiger charge is -2.11. The summed E-state index contributed by atoms with van der Waals surface area (Å²) in [6.07, 6.45) is 0. The summed E-state index contributed by atoms with van der Waals surface area (Å²) in [5.74, 6) is 1.14. The van der Waals surface area contributed by atoms with Crippen molar-refractivity contribution < 1.29 is 9.18 Å². The van der Waals surface area contributed by atoms with E-state index in [-0.39, 0.29) is 17.8 Å². The van der Waals surface area contributed by atoms with Gasteiger partial charge in [0.1, 0.15) is 5.82 Å². The van der Waals surface area contributed by atoms with E-state index in [0.29, 0.717) is 10.2 Å². The third-order valence-corrected chi connectivity index (χ3v) is 3.82.